The van der Waals surface area contributed by atoms with Crippen molar-refractivity contribution in [3.8, 4) is 0 Å². The summed E-state index contributed by atoms with van der Waals surface area (Å²) < 4.78 is 0. The van der Waals surface area contributed by atoms with Crippen molar-refractivity contribution < 1.29 is 14.7 Å². The van der Waals surface area contributed by atoms with E-state index >= 15 is 0 Å². The number of guanidine groups is 1. The Balaban J connectivity index is 1.56. The average molecular weight is 390 g/mol. The molecular weight excluding hydrogens is 372 g/mol. The maximum Gasteiger partial charge on any atom is 0.352 e. The van der Waals surface area contributed by atoms with Crippen LogP contribution in [-0.4, -0.2) is 40.0 Å². The second-order valence-electron chi connectivity index (χ2n) is 6.46. The van der Waals surface area contributed by atoms with Gasteiger partial charge in [0.05, 0.1) is 0 Å². The van der Waals surface area contributed by atoms with Gasteiger partial charge in [-0.3, -0.25) is 9.79 Å². The van der Waals surface area contributed by atoms with E-state index in [1.54, 1.807) is 31.3 Å². The van der Waals surface area contributed by atoms with E-state index in [0.717, 1.165) is 16.6 Å². The number of fused-ring (bicyclic) bond motifs is 2. The van der Waals surface area contributed by atoms with Crippen molar-refractivity contribution in [1.82, 2.24) is 9.97 Å². The number of aromatic carboxylic acids is 1. The van der Waals surface area contributed by atoms with Gasteiger partial charge in [-0.25, -0.2) is 4.79 Å². The predicted octanol–water partition coefficient (Wildman–Crippen LogP) is 2.96. The van der Waals surface area contributed by atoms with Crippen LogP contribution in [0.2, 0.25) is 0 Å². The number of aliphatic imine (C=N–C) groups is 1. The molecule has 9 nitrogen and oxygen atoms in total. The highest BCUT2D eigenvalue weighted by Gasteiger charge is 2.12. The lowest BCUT2D eigenvalue weighted by Crippen LogP contribution is -2.21. The van der Waals surface area contributed by atoms with Crippen LogP contribution in [0.1, 0.15) is 21.0 Å². The summed E-state index contributed by atoms with van der Waals surface area (Å²) in [6, 6.07) is 13.9. The molecule has 0 spiro atoms. The normalized spacial score (nSPS) is 11.7. The van der Waals surface area contributed by atoms with Crippen LogP contribution in [0.25, 0.3) is 21.8 Å². The second-order valence-corrected chi connectivity index (χ2v) is 6.46. The van der Waals surface area contributed by atoms with Crippen molar-refractivity contribution in [3.05, 3.63) is 59.9 Å². The number of carboxylic acid groups (broad SMARTS) is 1. The molecule has 0 aliphatic heterocycles. The zero-order valence-corrected chi connectivity index (χ0v) is 15.4. The van der Waals surface area contributed by atoms with Crippen LogP contribution in [0, 0.1) is 0 Å². The topological polar surface area (TPSA) is 148 Å². The standard InChI is InChI=1S/C20H18N6O3/c1-22-20(21)24-13-3-5-14-10(7-13)8-16(25-14)18(27)23-12-2-4-15-11(6-12)9-17(26-15)19(28)29/h2-9,25-26H,1H3,(H,23,27)(H,28,29)(H3,21,22,24). The molecule has 0 radical (unpaired) electrons. The third kappa shape index (κ3) is 3.61. The number of amides is 1. The Bertz CT molecular complexity index is 1280. The molecule has 9 heteroatoms. The number of aromatic nitrogens is 2. The summed E-state index contributed by atoms with van der Waals surface area (Å²) in [6.45, 7) is 0. The van der Waals surface area contributed by atoms with Crippen molar-refractivity contribution in [2.75, 3.05) is 17.7 Å². The number of carbonyl (C=O) groups excluding carboxylic acids is 1. The van der Waals surface area contributed by atoms with E-state index in [1.165, 1.54) is 6.07 Å². The van der Waals surface area contributed by atoms with Crippen molar-refractivity contribution in [2.24, 2.45) is 10.7 Å². The van der Waals surface area contributed by atoms with E-state index in [0.29, 0.717) is 28.2 Å². The second kappa shape index (κ2) is 7.04. The Morgan fingerprint density at radius 3 is 2.03 bits per heavy atom. The van der Waals surface area contributed by atoms with Gasteiger partial charge in [0, 0.05) is 40.2 Å². The fourth-order valence-corrected chi connectivity index (χ4v) is 3.06. The van der Waals surface area contributed by atoms with Gasteiger partial charge in [0.1, 0.15) is 11.4 Å². The third-order valence-corrected chi connectivity index (χ3v) is 4.49. The minimum absolute atomic E-state index is 0.0947. The number of nitrogens with zero attached hydrogens (tertiary/aromatic N) is 1. The summed E-state index contributed by atoms with van der Waals surface area (Å²) in [6.07, 6.45) is 0. The molecule has 0 saturated carbocycles. The average Bonchev–Trinajstić information content (AvgIpc) is 3.31. The number of H-pyrrole nitrogens is 2. The van der Waals surface area contributed by atoms with E-state index in [-0.39, 0.29) is 11.6 Å². The minimum Gasteiger partial charge on any atom is -0.477 e. The number of hydrogen-bond acceptors (Lipinski definition) is 3. The number of rotatable bonds is 4. The minimum atomic E-state index is -1.04. The van der Waals surface area contributed by atoms with E-state index in [4.69, 9.17) is 10.8 Å². The number of carbonyl (C=O) groups is 2. The molecule has 2 aromatic carbocycles. The number of anilines is 2. The van der Waals surface area contributed by atoms with Gasteiger partial charge < -0.3 is 31.4 Å². The Hall–Kier alpha value is -4.27. The highest BCUT2D eigenvalue weighted by Crippen LogP contribution is 2.23. The van der Waals surface area contributed by atoms with Crippen molar-refractivity contribution >= 4 is 51.0 Å². The summed E-state index contributed by atoms with van der Waals surface area (Å²) in [5, 5.41) is 16.4. The molecule has 7 N–H and O–H groups in total. The number of carboxylic acids is 1. The van der Waals surface area contributed by atoms with E-state index in [2.05, 4.69) is 25.6 Å². The first-order chi connectivity index (χ1) is 13.9. The molecule has 0 bridgehead atoms. The highest BCUT2D eigenvalue weighted by molar-refractivity contribution is 6.07. The smallest absolute Gasteiger partial charge is 0.352 e. The molecule has 0 saturated heterocycles. The fraction of sp³-hybridized carbons (Fsp3) is 0.0500. The quantitative estimate of drug-likeness (QED) is 0.234. The number of nitrogens with one attached hydrogen (secondary N) is 4. The van der Waals surface area contributed by atoms with Crippen molar-refractivity contribution in [1.29, 1.82) is 0 Å². The number of nitrogens with two attached hydrogens (primary N) is 1. The Morgan fingerprint density at radius 1 is 0.897 bits per heavy atom. The van der Waals surface area contributed by atoms with E-state index in [9.17, 15) is 9.59 Å². The molecule has 0 fully saturated rings. The van der Waals surface area contributed by atoms with Crippen LogP contribution in [0.15, 0.2) is 53.5 Å². The lowest BCUT2D eigenvalue weighted by Gasteiger charge is -2.04. The van der Waals surface area contributed by atoms with Gasteiger partial charge in [-0.05, 0) is 48.5 Å². The van der Waals surface area contributed by atoms with Crippen LogP contribution in [0.3, 0.4) is 0 Å². The van der Waals surface area contributed by atoms with Gasteiger partial charge in [-0.15, -0.1) is 0 Å². The molecule has 2 heterocycles. The van der Waals surface area contributed by atoms with Crippen LogP contribution < -0.4 is 16.4 Å². The van der Waals surface area contributed by atoms with Crippen LogP contribution in [0.5, 0.6) is 0 Å². The van der Waals surface area contributed by atoms with Gasteiger partial charge in [0.15, 0.2) is 5.96 Å². The van der Waals surface area contributed by atoms with Crippen LogP contribution >= 0.6 is 0 Å². The molecule has 0 aliphatic carbocycles. The predicted molar refractivity (Wildman–Crippen MR) is 113 cm³/mol. The van der Waals surface area contributed by atoms with Gasteiger partial charge >= 0.3 is 5.97 Å². The molecule has 29 heavy (non-hydrogen) atoms. The number of hydrogen-bond donors (Lipinski definition) is 6. The lowest BCUT2D eigenvalue weighted by atomic mass is 10.2. The summed E-state index contributed by atoms with van der Waals surface area (Å²) in [4.78, 5) is 33.5. The van der Waals surface area contributed by atoms with Crippen molar-refractivity contribution in [2.45, 2.75) is 0 Å². The SMILES string of the molecule is CN=C(N)Nc1ccc2[nH]c(C(=O)Nc3ccc4[nH]c(C(=O)O)cc4c3)cc2c1. The van der Waals surface area contributed by atoms with Gasteiger partial charge in [-0.1, -0.05) is 0 Å². The number of aromatic amines is 2. The summed E-state index contributed by atoms with van der Waals surface area (Å²) in [5.41, 5.74) is 8.98. The summed E-state index contributed by atoms with van der Waals surface area (Å²) >= 11 is 0. The summed E-state index contributed by atoms with van der Waals surface area (Å²) in [5.74, 6) is -1.05. The first-order valence-corrected chi connectivity index (χ1v) is 8.72. The number of benzene rings is 2. The van der Waals surface area contributed by atoms with Crippen LogP contribution in [-0.2, 0) is 0 Å². The first-order valence-electron chi connectivity index (χ1n) is 8.72. The Kier molecular flexibility index (Phi) is 4.40. The first kappa shape index (κ1) is 18.1. The molecule has 0 atom stereocenters. The van der Waals surface area contributed by atoms with Crippen LogP contribution in [0.4, 0.5) is 11.4 Å². The molecule has 0 aliphatic rings. The molecular formula is C20H18N6O3. The van der Waals surface area contributed by atoms with E-state index in [1.807, 2.05) is 18.2 Å². The third-order valence-electron chi connectivity index (χ3n) is 4.49. The molecule has 0 unspecified atom stereocenters. The molecule has 2 aromatic heterocycles. The molecule has 4 rings (SSSR count). The van der Waals surface area contributed by atoms with Gasteiger partial charge in [-0.2, -0.15) is 0 Å². The maximum absolute atomic E-state index is 12.6. The van der Waals surface area contributed by atoms with Gasteiger partial charge in [0.2, 0.25) is 0 Å². The Morgan fingerprint density at radius 2 is 1.45 bits per heavy atom. The monoisotopic (exact) mass is 390 g/mol. The van der Waals surface area contributed by atoms with Crippen molar-refractivity contribution in [3.63, 3.8) is 0 Å². The summed E-state index contributed by atoms with van der Waals surface area (Å²) in [7, 11) is 1.59. The lowest BCUT2D eigenvalue weighted by molar-refractivity contribution is 0.0691. The zero-order valence-electron chi connectivity index (χ0n) is 15.4. The fourth-order valence-electron chi connectivity index (χ4n) is 3.06. The largest absolute Gasteiger partial charge is 0.477 e. The molecule has 1 amide bonds. The maximum atomic E-state index is 12.6. The van der Waals surface area contributed by atoms with E-state index < -0.39 is 5.97 Å². The highest BCUT2D eigenvalue weighted by atomic mass is 16.4. The molecule has 146 valence electrons. The zero-order chi connectivity index (χ0) is 20.5. The molecule has 4 aromatic rings. The van der Waals surface area contributed by atoms with Gasteiger partial charge in [0.25, 0.3) is 5.91 Å². The Labute approximate surface area is 164 Å².